The number of hydrogen-bond donors (Lipinski definition) is 2. The predicted molar refractivity (Wildman–Crippen MR) is 24.3 cm³/mol. The fraction of sp³-hybridized carbons (Fsp3) is 1.00. The highest BCUT2D eigenvalue weighted by atomic mass is 16.6. The van der Waals surface area contributed by atoms with Crippen molar-refractivity contribution in [3.05, 3.63) is 0 Å². The summed E-state index contributed by atoms with van der Waals surface area (Å²) in [6.07, 6.45) is 1.43. The van der Waals surface area contributed by atoms with Gasteiger partial charge < -0.3 is 9.84 Å². The van der Waals surface area contributed by atoms with Crippen molar-refractivity contribution in [2.75, 3.05) is 6.61 Å². The average Bonchev–Trinajstić information content (AvgIpc) is 1.84. The fourth-order valence-electron chi connectivity index (χ4n) is 0.647. The Kier molecular flexibility index (Phi) is 1.03. The van der Waals surface area contributed by atoms with E-state index in [0.717, 1.165) is 6.42 Å². The number of aliphatic hydroxyl groups is 1. The Hall–Kier alpha value is -0.120. The fourth-order valence-corrected chi connectivity index (χ4v) is 0.647. The van der Waals surface area contributed by atoms with E-state index in [0.29, 0.717) is 13.0 Å². The first-order valence-electron chi connectivity index (χ1n) is 2.36. The van der Waals surface area contributed by atoms with Gasteiger partial charge in [-0.15, -0.1) is 0 Å². The summed E-state index contributed by atoms with van der Waals surface area (Å²) in [4.78, 5) is 0. The molecule has 0 spiro atoms. The highest BCUT2D eigenvalue weighted by Crippen LogP contribution is 2.15. The molecule has 0 aliphatic carbocycles. The molecule has 42 valence electrons. The van der Waals surface area contributed by atoms with E-state index >= 15 is 0 Å². The van der Waals surface area contributed by atoms with Gasteiger partial charge >= 0.3 is 0 Å². The van der Waals surface area contributed by atoms with Crippen LogP contribution in [0.15, 0.2) is 0 Å². The SMILES string of the molecule is NC1(O)CCCO1. The summed E-state index contributed by atoms with van der Waals surface area (Å²) in [5.41, 5.74) is 5.11. The van der Waals surface area contributed by atoms with Crippen molar-refractivity contribution in [1.82, 2.24) is 0 Å². The molecule has 0 amide bonds. The van der Waals surface area contributed by atoms with Crippen molar-refractivity contribution in [2.24, 2.45) is 5.73 Å². The van der Waals surface area contributed by atoms with Gasteiger partial charge in [0.15, 0.2) is 0 Å². The maximum absolute atomic E-state index is 8.75. The lowest BCUT2D eigenvalue weighted by Gasteiger charge is -2.12. The van der Waals surface area contributed by atoms with Crippen LogP contribution >= 0.6 is 0 Å². The van der Waals surface area contributed by atoms with Crippen LogP contribution in [-0.4, -0.2) is 17.6 Å². The molecule has 0 aromatic heterocycles. The minimum Gasteiger partial charge on any atom is -0.353 e. The molecule has 3 heteroatoms. The van der Waals surface area contributed by atoms with E-state index in [1.807, 2.05) is 0 Å². The molecule has 1 rings (SSSR count). The molecular formula is C4H9NO2. The Bertz CT molecular complexity index is 64.1. The highest BCUT2D eigenvalue weighted by Gasteiger charge is 2.26. The Morgan fingerprint density at radius 2 is 2.43 bits per heavy atom. The van der Waals surface area contributed by atoms with Crippen molar-refractivity contribution in [1.29, 1.82) is 0 Å². The first kappa shape index (κ1) is 5.03. The Labute approximate surface area is 42.1 Å². The van der Waals surface area contributed by atoms with E-state index in [1.54, 1.807) is 0 Å². The second-order valence-electron chi connectivity index (χ2n) is 1.80. The molecule has 1 unspecified atom stereocenters. The summed E-state index contributed by atoms with van der Waals surface area (Å²) < 4.78 is 4.67. The number of hydrogen-bond acceptors (Lipinski definition) is 3. The molecule has 1 fully saturated rings. The summed E-state index contributed by atoms with van der Waals surface area (Å²) >= 11 is 0. The van der Waals surface area contributed by atoms with Gasteiger partial charge in [-0.1, -0.05) is 0 Å². The normalized spacial score (nSPS) is 42.0. The zero-order valence-corrected chi connectivity index (χ0v) is 4.05. The van der Waals surface area contributed by atoms with Gasteiger partial charge in [-0.25, -0.2) is 0 Å². The highest BCUT2D eigenvalue weighted by molar-refractivity contribution is 4.63. The summed E-state index contributed by atoms with van der Waals surface area (Å²) in [7, 11) is 0. The molecule has 1 atom stereocenters. The van der Waals surface area contributed by atoms with Crippen LogP contribution in [0.1, 0.15) is 12.8 Å². The van der Waals surface area contributed by atoms with Crippen LogP contribution in [-0.2, 0) is 4.74 Å². The second-order valence-corrected chi connectivity index (χ2v) is 1.80. The van der Waals surface area contributed by atoms with Crippen LogP contribution in [0.5, 0.6) is 0 Å². The first-order valence-corrected chi connectivity index (χ1v) is 2.36. The predicted octanol–water partition coefficient (Wildman–Crippen LogP) is -0.598. The van der Waals surface area contributed by atoms with Crippen molar-refractivity contribution in [3.63, 3.8) is 0 Å². The zero-order chi connectivity index (χ0) is 5.33. The van der Waals surface area contributed by atoms with Gasteiger partial charge in [-0.2, -0.15) is 0 Å². The van der Waals surface area contributed by atoms with Gasteiger partial charge in [-0.05, 0) is 6.42 Å². The summed E-state index contributed by atoms with van der Waals surface area (Å²) in [6, 6.07) is 0. The van der Waals surface area contributed by atoms with Crippen LogP contribution < -0.4 is 5.73 Å². The van der Waals surface area contributed by atoms with Gasteiger partial charge in [0.2, 0.25) is 5.91 Å². The minimum atomic E-state index is -1.31. The summed E-state index contributed by atoms with van der Waals surface area (Å²) in [5, 5.41) is 8.75. The average molecular weight is 103 g/mol. The molecule has 1 aliphatic heterocycles. The Morgan fingerprint density at radius 3 is 2.57 bits per heavy atom. The molecule has 1 saturated heterocycles. The molecule has 0 saturated carbocycles. The maximum Gasteiger partial charge on any atom is 0.222 e. The Balaban J connectivity index is 2.40. The molecule has 7 heavy (non-hydrogen) atoms. The number of ether oxygens (including phenoxy) is 1. The van der Waals surface area contributed by atoms with Crippen LogP contribution in [0.3, 0.4) is 0 Å². The van der Waals surface area contributed by atoms with Crippen molar-refractivity contribution in [2.45, 2.75) is 18.8 Å². The van der Waals surface area contributed by atoms with E-state index < -0.39 is 5.91 Å². The quantitative estimate of drug-likeness (QED) is 0.402. The zero-order valence-electron chi connectivity index (χ0n) is 4.05. The van der Waals surface area contributed by atoms with Crippen LogP contribution in [0, 0.1) is 0 Å². The smallest absolute Gasteiger partial charge is 0.222 e. The third kappa shape index (κ3) is 1.12. The molecule has 0 aromatic carbocycles. The summed E-state index contributed by atoms with van der Waals surface area (Å²) in [5.74, 6) is -1.31. The van der Waals surface area contributed by atoms with Crippen LogP contribution in [0.2, 0.25) is 0 Å². The van der Waals surface area contributed by atoms with Gasteiger partial charge in [-0.3, -0.25) is 5.73 Å². The third-order valence-electron chi connectivity index (χ3n) is 1.03. The minimum absolute atomic E-state index is 0.562. The molecule has 0 bridgehead atoms. The van der Waals surface area contributed by atoms with Gasteiger partial charge in [0, 0.05) is 6.42 Å². The van der Waals surface area contributed by atoms with Crippen molar-refractivity contribution < 1.29 is 9.84 Å². The van der Waals surface area contributed by atoms with Crippen LogP contribution in [0.4, 0.5) is 0 Å². The first-order chi connectivity index (χ1) is 3.21. The van der Waals surface area contributed by atoms with E-state index in [1.165, 1.54) is 0 Å². The molecule has 3 nitrogen and oxygen atoms in total. The number of rotatable bonds is 0. The van der Waals surface area contributed by atoms with E-state index in [-0.39, 0.29) is 0 Å². The van der Waals surface area contributed by atoms with Gasteiger partial charge in [0.1, 0.15) is 0 Å². The molecule has 3 N–H and O–H groups in total. The Morgan fingerprint density at radius 1 is 1.71 bits per heavy atom. The molecular weight excluding hydrogens is 94.0 g/mol. The lowest BCUT2D eigenvalue weighted by atomic mass is 10.3. The monoisotopic (exact) mass is 103 g/mol. The van der Waals surface area contributed by atoms with E-state index in [9.17, 15) is 0 Å². The maximum atomic E-state index is 8.75. The van der Waals surface area contributed by atoms with E-state index in [2.05, 4.69) is 4.74 Å². The van der Waals surface area contributed by atoms with Gasteiger partial charge in [0.25, 0.3) is 0 Å². The molecule has 0 aromatic rings. The van der Waals surface area contributed by atoms with Crippen LogP contribution in [0.25, 0.3) is 0 Å². The van der Waals surface area contributed by atoms with Gasteiger partial charge in [0.05, 0.1) is 6.61 Å². The molecule has 0 radical (unpaired) electrons. The largest absolute Gasteiger partial charge is 0.353 e. The summed E-state index contributed by atoms with van der Waals surface area (Å²) in [6.45, 7) is 0.590. The van der Waals surface area contributed by atoms with E-state index in [4.69, 9.17) is 10.8 Å². The lowest BCUT2D eigenvalue weighted by Crippen LogP contribution is -2.37. The van der Waals surface area contributed by atoms with Crippen molar-refractivity contribution in [3.8, 4) is 0 Å². The number of nitrogens with two attached hydrogens (primary N) is 1. The molecule has 1 heterocycles. The second kappa shape index (κ2) is 1.43. The molecule has 1 aliphatic rings. The van der Waals surface area contributed by atoms with Crippen molar-refractivity contribution >= 4 is 0 Å². The standard InChI is InChI=1S/C4H9NO2/c5-4(6)2-1-3-7-4/h6H,1-3,5H2. The third-order valence-corrected chi connectivity index (χ3v) is 1.03. The topological polar surface area (TPSA) is 55.5 Å². The lowest BCUT2D eigenvalue weighted by molar-refractivity contribution is -0.165.